The van der Waals surface area contributed by atoms with Gasteiger partial charge in [0, 0.05) is 17.3 Å². The molecule has 1 amide bonds. The summed E-state index contributed by atoms with van der Waals surface area (Å²) in [6.45, 7) is 2.15. The average molecular weight is 289 g/mol. The highest BCUT2D eigenvalue weighted by Gasteiger charge is 2.05. The third kappa shape index (κ3) is 4.49. The second-order valence-corrected chi connectivity index (χ2v) is 4.25. The van der Waals surface area contributed by atoms with E-state index in [9.17, 15) is 9.18 Å². The molecular formula is C16H16FNO3. The van der Waals surface area contributed by atoms with Gasteiger partial charge >= 0.3 is 6.09 Å². The second kappa shape index (κ2) is 7.28. The molecule has 0 aliphatic carbocycles. The average Bonchev–Trinajstić information content (AvgIpc) is 2.47. The molecule has 21 heavy (non-hydrogen) atoms. The summed E-state index contributed by atoms with van der Waals surface area (Å²) in [6, 6.07) is 13.3. The van der Waals surface area contributed by atoms with E-state index in [2.05, 4.69) is 5.32 Å². The number of ether oxygens (including phenoxy) is 2. The van der Waals surface area contributed by atoms with Crippen LogP contribution in [0.1, 0.15) is 12.5 Å². The van der Waals surface area contributed by atoms with Crippen LogP contribution in [-0.4, -0.2) is 12.7 Å². The van der Waals surface area contributed by atoms with Crippen LogP contribution in [0.4, 0.5) is 14.9 Å². The van der Waals surface area contributed by atoms with Crippen LogP contribution in [0, 0.1) is 5.82 Å². The minimum Gasteiger partial charge on any atom is -0.489 e. The van der Waals surface area contributed by atoms with Gasteiger partial charge in [-0.05, 0) is 25.1 Å². The molecule has 0 saturated heterocycles. The van der Waals surface area contributed by atoms with Gasteiger partial charge in [-0.1, -0.05) is 24.3 Å². The number of rotatable bonds is 5. The molecule has 0 radical (unpaired) electrons. The molecule has 2 aromatic carbocycles. The predicted octanol–water partition coefficient (Wildman–Crippen LogP) is 3.97. The first-order valence-corrected chi connectivity index (χ1v) is 6.59. The molecule has 2 aromatic rings. The third-order valence-corrected chi connectivity index (χ3v) is 2.71. The van der Waals surface area contributed by atoms with E-state index in [0.717, 1.165) is 0 Å². The fourth-order valence-electron chi connectivity index (χ4n) is 1.73. The van der Waals surface area contributed by atoms with E-state index in [4.69, 9.17) is 9.47 Å². The number of hydrogen-bond acceptors (Lipinski definition) is 3. The zero-order chi connectivity index (χ0) is 15.1. The van der Waals surface area contributed by atoms with Gasteiger partial charge in [-0.15, -0.1) is 0 Å². The summed E-state index contributed by atoms with van der Waals surface area (Å²) in [5, 5.41) is 2.58. The molecule has 0 bridgehead atoms. The van der Waals surface area contributed by atoms with E-state index in [0.29, 0.717) is 23.6 Å². The molecule has 0 fully saturated rings. The van der Waals surface area contributed by atoms with Crippen molar-refractivity contribution in [3.8, 4) is 5.75 Å². The van der Waals surface area contributed by atoms with Crippen molar-refractivity contribution in [2.24, 2.45) is 0 Å². The number of carbonyl (C=O) groups excluding carboxylic acids is 1. The summed E-state index contributed by atoms with van der Waals surface area (Å²) in [4.78, 5) is 11.3. The summed E-state index contributed by atoms with van der Waals surface area (Å²) in [7, 11) is 0. The normalized spacial score (nSPS) is 10.0. The monoisotopic (exact) mass is 289 g/mol. The standard InChI is InChI=1S/C16H16FNO3/c1-2-20-16(19)18-13-7-5-8-14(10-13)21-11-12-6-3-4-9-15(12)17/h3-10H,2,11H2,1H3,(H,18,19). The summed E-state index contributed by atoms with van der Waals surface area (Å²) < 4.78 is 23.8. The first kappa shape index (κ1) is 14.8. The molecule has 4 nitrogen and oxygen atoms in total. The zero-order valence-electron chi connectivity index (χ0n) is 11.6. The number of benzene rings is 2. The molecule has 0 saturated carbocycles. The first-order valence-electron chi connectivity index (χ1n) is 6.59. The number of halogens is 1. The molecule has 1 N–H and O–H groups in total. The smallest absolute Gasteiger partial charge is 0.411 e. The highest BCUT2D eigenvalue weighted by atomic mass is 19.1. The summed E-state index contributed by atoms with van der Waals surface area (Å²) in [5.74, 6) is 0.228. The number of carbonyl (C=O) groups is 1. The van der Waals surface area contributed by atoms with Crippen molar-refractivity contribution >= 4 is 11.8 Å². The van der Waals surface area contributed by atoms with E-state index in [1.54, 1.807) is 49.4 Å². The lowest BCUT2D eigenvalue weighted by atomic mass is 10.2. The maximum absolute atomic E-state index is 13.5. The van der Waals surface area contributed by atoms with E-state index in [-0.39, 0.29) is 12.4 Å². The maximum atomic E-state index is 13.5. The van der Waals surface area contributed by atoms with Gasteiger partial charge in [0.15, 0.2) is 0 Å². The number of anilines is 1. The molecule has 0 aliphatic rings. The fraction of sp³-hybridized carbons (Fsp3) is 0.188. The van der Waals surface area contributed by atoms with Crippen LogP contribution in [0.5, 0.6) is 5.75 Å². The van der Waals surface area contributed by atoms with Gasteiger partial charge in [-0.25, -0.2) is 9.18 Å². The summed E-state index contributed by atoms with van der Waals surface area (Å²) in [5.41, 5.74) is 1.03. The van der Waals surface area contributed by atoms with Gasteiger partial charge in [0.25, 0.3) is 0 Å². The Labute approximate surface area is 122 Å². The van der Waals surface area contributed by atoms with E-state index in [1.807, 2.05) is 0 Å². The first-order chi connectivity index (χ1) is 10.2. The summed E-state index contributed by atoms with van der Waals surface area (Å²) >= 11 is 0. The fourth-order valence-corrected chi connectivity index (χ4v) is 1.73. The van der Waals surface area contributed by atoms with Crippen molar-refractivity contribution in [3.05, 3.63) is 59.9 Å². The van der Waals surface area contributed by atoms with Crippen LogP contribution in [-0.2, 0) is 11.3 Å². The lowest BCUT2D eigenvalue weighted by Gasteiger charge is -2.09. The molecule has 0 heterocycles. The van der Waals surface area contributed by atoms with Crippen molar-refractivity contribution < 1.29 is 18.7 Å². The molecule has 0 aliphatic heterocycles. The zero-order valence-corrected chi connectivity index (χ0v) is 11.6. The Morgan fingerprint density at radius 1 is 1.19 bits per heavy atom. The number of hydrogen-bond donors (Lipinski definition) is 1. The molecule has 0 aromatic heterocycles. The van der Waals surface area contributed by atoms with Crippen molar-refractivity contribution in [2.75, 3.05) is 11.9 Å². The molecule has 0 spiro atoms. The van der Waals surface area contributed by atoms with E-state index in [1.165, 1.54) is 6.07 Å². The minimum atomic E-state index is -0.524. The van der Waals surface area contributed by atoms with Crippen molar-refractivity contribution in [3.63, 3.8) is 0 Å². The molecule has 0 atom stereocenters. The summed E-state index contributed by atoms with van der Waals surface area (Å²) in [6.07, 6.45) is -0.524. The molecule has 110 valence electrons. The largest absolute Gasteiger partial charge is 0.489 e. The Balaban J connectivity index is 1.98. The van der Waals surface area contributed by atoms with Gasteiger partial charge in [0.1, 0.15) is 18.2 Å². The van der Waals surface area contributed by atoms with Crippen molar-refractivity contribution in [2.45, 2.75) is 13.5 Å². The van der Waals surface area contributed by atoms with Crippen LogP contribution in [0.25, 0.3) is 0 Å². The Bertz CT molecular complexity index is 616. The van der Waals surface area contributed by atoms with E-state index >= 15 is 0 Å². The van der Waals surface area contributed by atoms with Crippen LogP contribution >= 0.6 is 0 Å². The number of amides is 1. The van der Waals surface area contributed by atoms with Gasteiger partial charge in [-0.2, -0.15) is 0 Å². The molecule has 2 rings (SSSR count). The van der Waals surface area contributed by atoms with Crippen LogP contribution < -0.4 is 10.1 Å². The number of nitrogens with one attached hydrogen (secondary N) is 1. The van der Waals surface area contributed by atoms with Crippen molar-refractivity contribution in [1.29, 1.82) is 0 Å². The Hall–Kier alpha value is -2.56. The maximum Gasteiger partial charge on any atom is 0.411 e. The van der Waals surface area contributed by atoms with E-state index < -0.39 is 6.09 Å². The van der Waals surface area contributed by atoms with Gasteiger partial charge < -0.3 is 9.47 Å². The topological polar surface area (TPSA) is 47.6 Å². The van der Waals surface area contributed by atoms with Gasteiger partial charge in [-0.3, -0.25) is 5.32 Å². The minimum absolute atomic E-state index is 0.121. The van der Waals surface area contributed by atoms with Crippen LogP contribution in [0.15, 0.2) is 48.5 Å². The quantitative estimate of drug-likeness (QED) is 0.906. The molecular weight excluding hydrogens is 273 g/mol. The predicted molar refractivity (Wildman–Crippen MR) is 77.8 cm³/mol. The Morgan fingerprint density at radius 3 is 2.76 bits per heavy atom. The molecule has 0 unspecified atom stereocenters. The highest BCUT2D eigenvalue weighted by Crippen LogP contribution is 2.19. The van der Waals surface area contributed by atoms with Crippen LogP contribution in [0.3, 0.4) is 0 Å². The Kier molecular flexibility index (Phi) is 5.15. The lowest BCUT2D eigenvalue weighted by Crippen LogP contribution is -2.13. The Morgan fingerprint density at radius 2 is 2.00 bits per heavy atom. The highest BCUT2D eigenvalue weighted by molar-refractivity contribution is 5.84. The van der Waals surface area contributed by atoms with Gasteiger partial charge in [0.2, 0.25) is 0 Å². The van der Waals surface area contributed by atoms with Crippen LogP contribution in [0.2, 0.25) is 0 Å². The molecule has 5 heteroatoms. The lowest BCUT2D eigenvalue weighted by molar-refractivity contribution is 0.168. The SMILES string of the molecule is CCOC(=O)Nc1cccc(OCc2ccccc2F)c1. The van der Waals surface area contributed by atoms with Crippen molar-refractivity contribution in [1.82, 2.24) is 0 Å². The second-order valence-electron chi connectivity index (χ2n) is 4.25. The van der Waals surface area contributed by atoms with Gasteiger partial charge in [0.05, 0.1) is 6.61 Å². The third-order valence-electron chi connectivity index (χ3n) is 2.71.